The molecule has 0 aromatic heterocycles. The molecule has 2 aromatic carbocycles. The molecule has 0 amide bonds. The second kappa shape index (κ2) is 8.34. The summed E-state index contributed by atoms with van der Waals surface area (Å²) in [6, 6.07) is 6.72. The van der Waals surface area contributed by atoms with Crippen LogP contribution in [0.1, 0.15) is 12.5 Å². The second-order valence-corrected chi connectivity index (χ2v) is 7.41. The van der Waals surface area contributed by atoms with Crippen LogP contribution in [0.5, 0.6) is 5.75 Å². The number of halogens is 2. The lowest BCUT2D eigenvalue weighted by molar-refractivity contribution is -0.141. The Balaban J connectivity index is 2.55. The highest BCUT2D eigenvalue weighted by molar-refractivity contribution is 7.92. The third kappa shape index (κ3) is 4.54. The van der Waals surface area contributed by atoms with Gasteiger partial charge in [0.05, 0.1) is 24.3 Å². The number of hydrogen-bond acceptors (Lipinski definition) is 5. The molecule has 0 spiro atoms. The van der Waals surface area contributed by atoms with Gasteiger partial charge in [-0.25, -0.2) is 17.2 Å². The minimum absolute atomic E-state index is 0.0478. The van der Waals surface area contributed by atoms with Crippen LogP contribution in [0.25, 0.3) is 0 Å². The van der Waals surface area contributed by atoms with Crippen LogP contribution in [0.2, 0.25) is 0 Å². The van der Waals surface area contributed by atoms with E-state index in [9.17, 15) is 22.0 Å². The zero-order valence-electron chi connectivity index (χ0n) is 15.0. The summed E-state index contributed by atoms with van der Waals surface area (Å²) in [7, 11) is -2.81. The molecule has 0 aliphatic rings. The number of carbonyl (C=O) groups excluding carboxylic acids is 1. The van der Waals surface area contributed by atoms with Gasteiger partial charge in [-0.15, -0.1) is 0 Å². The second-order valence-electron chi connectivity index (χ2n) is 5.55. The molecule has 2 aromatic rings. The number of rotatable bonds is 7. The van der Waals surface area contributed by atoms with Crippen molar-refractivity contribution >= 4 is 21.7 Å². The van der Waals surface area contributed by atoms with Gasteiger partial charge in [0.15, 0.2) is 11.6 Å². The average Bonchev–Trinajstić information content (AvgIpc) is 2.62. The third-order valence-electron chi connectivity index (χ3n) is 3.72. The van der Waals surface area contributed by atoms with Gasteiger partial charge >= 0.3 is 5.97 Å². The highest BCUT2D eigenvalue weighted by atomic mass is 32.2. The number of sulfonamides is 1. The van der Waals surface area contributed by atoms with Gasteiger partial charge < -0.3 is 9.47 Å². The van der Waals surface area contributed by atoms with Gasteiger partial charge in [0.1, 0.15) is 12.3 Å². The van der Waals surface area contributed by atoms with E-state index in [1.807, 2.05) is 0 Å². The molecule has 146 valence electrons. The summed E-state index contributed by atoms with van der Waals surface area (Å²) in [4.78, 5) is 11.8. The summed E-state index contributed by atoms with van der Waals surface area (Å²) in [5.74, 6) is -2.70. The average molecular weight is 399 g/mol. The molecule has 0 heterocycles. The first-order valence-corrected chi connectivity index (χ1v) is 9.42. The van der Waals surface area contributed by atoms with Crippen molar-refractivity contribution in [3.05, 3.63) is 53.6 Å². The van der Waals surface area contributed by atoms with Crippen molar-refractivity contribution in [1.82, 2.24) is 0 Å². The monoisotopic (exact) mass is 399 g/mol. The van der Waals surface area contributed by atoms with E-state index in [1.165, 1.54) is 25.3 Å². The van der Waals surface area contributed by atoms with Crippen LogP contribution in [-0.4, -0.2) is 34.6 Å². The highest BCUT2D eigenvalue weighted by Crippen LogP contribution is 2.28. The largest absolute Gasteiger partial charge is 0.496 e. The van der Waals surface area contributed by atoms with Gasteiger partial charge in [-0.1, -0.05) is 0 Å². The van der Waals surface area contributed by atoms with Gasteiger partial charge in [0.25, 0.3) is 10.0 Å². The van der Waals surface area contributed by atoms with Crippen LogP contribution in [0.15, 0.2) is 41.3 Å². The Morgan fingerprint density at radius 1 is 1.11 bits per heavy atom. The molecule has 0 aliphatic carbocycles. The Kier molecular flexibility index (Phi) is 6.37. The number of benzene rings is 2. The normalized spacial score (nSPS) is 11.1. The highest BCUT2D eigenvalue weighted by Gasteiger charge is 2.29. The lowest BCUT2D eigenvalue weighted by Crippen LogP contribution is -2.36. The van der Waals surface area contributed by atoms with Crippen molar-refractivity contribution in [3.63, 3.8) is 0 Å². The molecule has 0 radical (unpaired) electrons. The molecular formula is C18H19F2NO5S. The summed E-state index contributed by atoms with van der Waals surface area (Å²) >= 11 is 0. The summed E-state index contributed by atoms with van der Waals surface area (Å²) in [5, 5.41) is 0. The van der Waals surface area contributed by atoms with Crippen molar-refractivity contribution < 1.29 is 31.5 Å². The van der Waals surface area contributed by atoms with Crippen LogP contribution in [-0.2, 0) is 19.6 Å². The molecule has 0 N–H and O–H groups in total. The molecule has 27 heavy (non-hydrogen) atoms. The van der Waals surface area contributed by atoms with Crippen molar-refractivity contribution in [2.24, 2.45) is 0 Å². The number of methoxy groups -OCH3 is 1. The SMILES string of the molecule is CCOC(=O)CN(c1ccc(F)c(F)c1)S(=O)(=O)c1ccc(OC)c(C)c1. The summed E-state index contributed by atoms with van der Waals surface area (Å²) in [5.41, 5.74) is 0.357. The lowest BCUT2D eigenvalue weighted by Gasteiger charge is -2.24. The molecule has 6 nitrogen and oxygen atoms in total. The maximum absolute atomic E-state index is 13.6. The van der Waals surface area contributed by atoms with Crippen LogP contribution >= 0.6 is 0 Å². The summed E-state index contributed by atoms with van der Waals surface area (Å²) < 4.78 is 63.7. The number of carbonyl (C=O) groups is 1. The number of anilines is 1. The standard InChI is InChI=1S/C18H19F2NO5S/c1-4-26-18(22)11-21(13-5-7-15(19)16(20)10-13)27(23,24)14-6-8-17(25-3)12(2)9-14/h5-10H,4,11H2,1-3H3. The zero-order valence-corrected chi connectivity index (χ0v) is 15.8. The molecular weight excluding hydrogens is 380 g/mol. The van der Waals surface area contributed by atoms with Crippen LogP contribution in [0.3, 0.4) is 0 Å². The first-order valence-electron chi connectivity index (χ1n) is 7.98. The summed E-state index contributed by atoms with van der Waals surface area (Å²) in [6.45, 7) is 2.59. The molecule has 0 saturated heterocycles. The van der Waals surface area contributed by atoms with Gasteiger partial charge in [-0.05, 0) is 49.7 Å². The van der Waals surface area contributed by atoms with Crippen LogP contribution in [0.4, 0.5) is 14.5 Å². The van der Waals surface area contributed by atoms with Crippen LogP contribution < -0.4 is 9.04 Å². The molecule has 2 rings (SSSR count). The topological polar surface area (TPSA) is 72.9 Å². The zero-order chi connectivity index (χ0) is 20.2. The van der Waals surface area contributed by atoms with E-state index < -0.39 is 34.2 Å². The number of esters is 1. The van der Waals surface area contributed by atoms with Crippen molar-refractivity contribution in [2.75, 3.05) is 24.6 Å². The molecule has 0 fully saturated rings. The predicted molar refractivity (Wildman–Crippen MR) is 95.3 cm³/mol. The fourth-order valence-electron chi connectivity index (χ4n) is 2.42. The molecule has 0 atom stereocenters. The Hall–Kier alpha value is -2.68. The Morgan fingerprint density at radius 2 is 1.81 bits per heavy atom. The van der Waals surface area contributed by atoms with Crippen LogP contribution in [0, 0.1) is 18.6 Å². The van der Waals surface area contributed by atoms with E-state index in [-0.39, 0.29) is 17.2 Å². The van der Waals surface area contributed by atoms with E-state index in [4.69, 9.17) is 9.47 Å². The van der Waals surface area contributed by atoms with E-state index >= 15 is 0 Å². The fraction of sp³-hybridized carbons (Fsp3) is 0.278. The molecule has 0 aliphatic heterocycles. The van der Waals surface area contributed by atoms with Gasteiger partial charge in [0, 0.05) is 6.07 Å². The molecule has 0 saturated carbocycles. The number of hydrogen-bond donors (Lipinski definition) is 0. The van der Waals surface area contributed by atoms with E-state index in [2.05, 4.69) is 0 Å². The molecule has 0 unspecified atom stereocenters. The Bertz CT molecular complexity index is 947. The maximum atomic E-state index is 13.6. The van der Waals surface area contributed by atoms with E-state index in [0.717, 1.165) is 12.1 Å². The maximum Gasteiger partial charge on any atom is 0.326 e. The van der Waals surface area contributed by atoms with Crippen molar-refractivity contribution in [3.8, 4) is 5.75 Å². The van der Waals surface area contributed by atoms with Gasteiger partial charge in [-0.3, -0.25) is 9.10 Å². The fourth-order valence-corrected chi connectivity index (χ4v) is 3.90. The van der Waals surface area contributed by atoms with E-state index in [0.29, 0.717) is 21.7 Å². The third-order valence-corrected chi connectivity index (χ3v) is 5.49. The number of aryl methyl sites for hydroxylation is 1. The van der Waals surface area contributed by atoms with Crippen molar-refractivity contribution in [1.29, 1.82) is 0 Å². The first kappa shape index (κ1) is 20.6. The predicted octanol–water partition coefficient (Wildman–Crippen LogP) is 3.04. The number of ether oxygens (including phenoxy) is 2. The minimum Gasteiger partial charge on any atom is -0.496 e. The lowest BCUT2D eigenvalue weighted by atomic mass is 10.2. The molecule has 0 bridgehead atoms. The van der Waals surface area contributed by atoms with Gasteiger partial charge in [0.2, 0.25) is 0 Å². The first-order chi connectivity index (χ1) is 12.7. The Labute approximate surface area is 156 Å². The quantitative estimate of drug-likeness (QED) is 0.669. The minimum atomic E-state index is -4.26. The smallest absolute Gasteiger partial charge is 0.326 e. The summed E-state index contributed by atoms with van der Waals surface area (Å²) in [6.07, 6.45) is 0. The number of nitrogens with zero attached hydrogens (tertiary/aromatic N) is 1. The van der Waals surface area contributed by atoms with Gasteiger partial charge in [-0.2, -0.15) is 0 Å². The van der Waals surface area contributed by atoms with Crippen molar-refractivity contribution in [2.45, 2.75) is 18.7 Å². The Morgan fingerprint density at radius 3 is 2.37 bits per heavy atom. The molecule has 9 heteroatoms. The van der Waals surface area contributed by atoms with E-state index in [1.54, 1.807) is 13.8 Å².